The summed E-state index contributed by atoms with van der Waals surface area (Å²) in [6.45, 7) is 3.22. The maximum Gasteiger partial charge on any atom is 0.105 e. The van der Waals surface area contributed by atoms with Crippen LogP contribution in [0.4, 0.5) is 0 Å². The van der Waals surface area contributed by atoms with Crippen LogP contribution in [-0.2, 0) is 12.8 Å². The highest BCUT2D eigenvalue weighted by Crippen LogP contribution is 2.08. The first-order valence-corrected chi connectivity index (χ1v) is 6.50. The molecule has 16 heavy (non-hydrogen) atoms. The van der Waals surface area contributed by atoms with Crippen LogP contribution in [0.3, 0.4) is 0 Å². The Morgan fingerprint density at radius 2 is 2.31 bits per heavy atom. The van der Waals surface area contributed by atoms with E-state index in [1.54, 1.807) is 6.26 Å². The van der Waals surface area contributed by atoms with Crippen molar-refractivity contribution in [3.05, 3.63) is 46.5 Å². The Hall–Kier alpha value is -1.06. The summed E-state index contributed by atoms with van der Waals surface area (Å²) in [5.41, 5.74) is 0. The molecule has 2 heterocycles. The highest BCUT2D eigenvalue weighted by atomic mass is 32.1. The molecule has 2 aromatic rings. The van der Waals surface area contributed by atoms with Crippen LogP contribution >= 0.6 is 11.3 Å². The summed E-state index contributed by atoms with van der Waals surface area (Å²) in [4.78, 5) is 1.44. The second kappa shape index (κ2) is 5.87. The van der Waals surface area contributed by atoms with E-state index in [4.69, 9.17) is 4.42 Å². The summed E-state index contributed by atoms with van der Waals surface area (Å²) in [6.07, 6.45) is 3.80. The molecular weight excluding hydrogens is 218 g/mol. The van der Waals surface area contributed by atoms with Gasteiger partial charge in [0.05, 0.1) is 6.26 Å². The highest BCUT2D eigenvalue weighted by Gasteiger charge is 2.04. The second-order valence-electron chi connectivity index (χ2n) is 3.97. The van der Waals surface area contributed by atoms with Crippen molar-refractivity contribution in [1.82, 2.24) is 5.32 Å². The molecule has 1 N–H and O–H groups in total. The molecule has 0 amide bonds. The number of thiophene rings is 1. The lowest BCUT2D eigenvalue weighted by Gasteiger charge is -2.11. The second-order valence-corrected chi connectivity index (χ2v) is 5.00. The van der Waals surface area contributed by atoms with E-state index in [2.05, 4.69) is 29.8 Å². The number of nitrogens with one attached hydrogen (secondary N) is 1. The third kappa shape index (κ3) is 3.51. The van der Waals surface area contributed by atoms with E-state index in [9.17, 15) is 0 Å². The molecule has 2 nitrogen and oxygen atoms in total. The van der Waals surface area contributed by atoms with Gasteiger partial charge in [0.1, 0.15) is 5.76 Å². The largest absolute Gasteiger partial charge is 0.469 e. The van der Waals surface area contributed by atoms with Crippen molar-refractivity contribution in [2.75, 3.05) is 6.54 Å². The molecule has 0 aromatic carbocycles. The van der Waals surface area contributed by atoms with Gasteiger partial charge in [-0.1, -0.05) is 6.07 Å². The Kier molecular flexibility index (Phi) is 4.19. The molecule has 86 valence electrons. The maximum atomic E-state index is 5.32. The van der Waals surface area contributed by atoms with E-state index >= 15 is 0 Å². The molecule has 0 spiro atoms. The quantitative estimate of drug-likeness (QED) is 0.832. The summed E-state index contributed by atoms with van der Waals surface area (Å²) in [5.74, 6) is 1.05. The van der Waals surface area contributed by atoms with Gasteiger partial charge < -0.3 is 9.73 Å². The molecule has 3 heteroatoms. The minimum absolute atomic E-state index is 0.464. The molecule has 0 aliphatic rings. The summed E-state index contributed by atoms with van der Waals surface area (Å²) < 4.78 is 5.32. The van der Waals surface area contributed by atoms with Crippen LogP contribution in [0.25, 0.3) is 0 Å². The van der Waals surface area contributed by atoms with E-state index in [-0.39, 0.29) is 0 Å². The van der Waals surface area contributed by atoms with E-state index in [1.807, 2.05) is 23.5 Å². The molecule has 0 bridgehead atoms. The van der Waals surface area contributed by atoms with Gasteiger partial charge in [0.25, 0.3) is 0 Å². The zero-order valence-electron chi connectivity index (χ0n) is 9.48. The van der Waals surface area contributed by atoms with Gasteiger partial charge in [-0.25, -0.2) is 0 Å². The van der Waals surface area contributed by atoms with Gasteiger partial charge in [0.2, 0.25) is 0 Å². The summed E-state index contributed by atoms with van der Waals surface area (Å²) in [7, 11) is 0. The third-order valence-corrected chi connectivity index (χ3v) is 3.47. The van der Waals surface area contributed by atoms with Crippen LogP contribution in [0.5, 0.6) is 0 Å². The van der Waals surface area contributed by atoms with E-state index in [1.165, 1.54) is 4.88 Å². The van der Waals surface area contributed by atoms with E-state index < -0.39 is 0 Å². The van der Waals surface area contributed by atoms with Crippen LogP contribution in [-0.4, -0.2) is 12.6 Å². The van der Waals surface area contributed by atoms with Gasteiger partial charge in [0, 0.05) is 23.9 Å². The fourth-order valence-corrected chi connectivity index (χ4v) is 2.41. The molecule has 0 fully saturated rings. The van der Waals surface area contributed by atoms with Crippen molar-refractivity contribution < 1.29 is 4.42 Å². The predicted molar refractivity (Wildman–Crippen MR) is 67.9 cm³/mol. The van der Waals surface area contributed by atoms with Crippen molar-refractivity contribution in [3.63, 3.8) is 0 Å². The fraction of sp³-hybridized carbons (Fsp3) is 0.385. The smallest absolute Gasteiger partial charge is 0.105 e. The summed E-state index contributed by atoms with van der Waals surface area (Å²) in [6, 6.07) is 8.71. The maximum absolute atomic E-state index is 5.32. The number of furan rings is 1. The first kappa shape index (κ1) is 11.4. The van der Waals surface area contributed by atoms with E-state index in [0.717, 1.165) is 25.1 Å². The highest BCUT2D eigenvalue weighted by molar-refractivity contribution is 7.09. The zero-order chi connectivity index (χ0) is 11.2. The molecule has 0 saturated carbocycles. The lowest BCUT2D eigenvalue weighted by atomic mass is 10.2. The Bertz CT molecular complexity index is 380. The molecule has 2 aromatic heterocycles. The van der Waals surface area contributed by atoms with Crippen LogP contribution in [0.1, 0.15) is 17.6 Å². The molecule has 0 aliphatic heterocycles. The van der Waals surface area contributed by atoms with Crippen molar-refractivity contribution in [2.45, 2.75) is 25.8 Å². The van der Waals surface area contributed by atoms with Gasteiger partial charge >= 0.3 is 0 Å². The molecule has 0 radical (unpaired) electrons. The van der Waals surface area contributed by atoms with Crippen LogP contribution in [0.2, 0.25) is 0 Å². The van der Waals surface area contributed by atoms with Gasteiger partial charge in [-0.15, -0.1) is 11.3 Å². The number of rotatable bonds is 6. The molecule has 1 unspecified atom stereocenters. The van der Waals surface area contributed by atoms with Gasteiger partial charge in [-0.3, -0.25) is 0 Å². The number of hydrogen-bond donors (Lipinski definition) is 1. The Morgan fingerprint density at radius 1 is 1.38 bits per heavy atom. The Morgan fingerprint density at radius 3 is 3.00 bits per heavy atom. The monoisotopic (exact) mass is 235 g/mol. The first-order valence-electron chi connectivity index (χ1n) is 5.63. The molecule has 0 aliphatic carbocycles. The Balaban J connectivity index is 1.66. The number of hydrogen-bond acceptors (Lipinski definition) is 3. The van der Waals surface area contributed by atoms with Crippen LogP contribution in [0.15, 0.2) is 40.3 Å². The van der Waals surface area contributed by atoms with E-state index in [0.29, 0.717) is 6.04 Å². The standard InChI is InChI=1S/C13H17NOS/c1-11(10-12-4-2-8-15-12)14-7-6-13-5-3-9-16-13/h2-5,8-9,11,14H,6-7,10H2,1H3. The van der Waals surface area contributed by atoms with Crippen molar-refractivity contribution in [3.8, 4) is 0 Å². The average molecular weight is 235 g/mol. The topological polar surface area (TPSA) is 25.2 Å². The summed E-state index contributed by atoms with van der Waals surface area (Å²) >= 11 is 1.82. The lowest BCUT2D eigenvalue weighted by Crippen LogP contribution is -2.29. The minimum atomic E-state index is 0.464. The van der Waals surface area contributed by atoms with Crippen molar-refractivity contribution >= 4 is 11.3 Å². The van der Waals surface area contributed by atoms with Crippen molar-refractivity contribution in [1.29, 1.82) is 0 Å². The first-order chi connectivity index (χ1) is 7.84. The average Bonchev–Trinajstić information content (AvgIpc) is 2.90. The van der Waals surface area contributed by atoms with Crippen LogP contribution in [0, 0.1) is 0 Å². The molecule has 0 saturated heterocycles. The minimum Gasteiger partial charge on any atom is -0.469 e. The predicted octanol–water partition coefficient (Wildman–Crippen LogP) is 3.10. The molecular formula is C13H17NOS. The van der Waals surface area contributed by atoms with Crippen LogP contribution < -0.4 is 5.32 Å². The summed E-state index contributed by atoms with van der Waals surface area (Å²) in [5, 5.41) is 5.63. The third-order valence-electron chi connectivity index (χ3n) is 2.53. The normalized spacial score (nSPS) is 12.8. The zero-order valence-corrected chi connectivity index (χ0v) is 10.3. The van der Waals surface area contributed by atoms with Gasteiger partial charge in [0.15, 0.2) is 0 Å². The Labute approximate surface area is 100 Å². The molecule has 1 atom stereocenters. The lowest BCUT2D eigenvalue weighted by molar-refractivity contribution is 0.459. The van der Waals surface area contributed by atoms with Crippen molar-refractivity contribution in [2.24, 2.45) is 0 Å². The van der Waals surface area contributed by atoms with Gasteiger partial charge in [-0.2, -0.15) is 0 Å². The SMILES string of the molecule is CC(Cc1ccco1)NCCc1cccs1. The van der Waals surface area contributed by atoms with Gasteiger partial charge in [-0.05, 0) is 36.9 Å². The fourth-order valence-electron chi connectivity index (χ4n) is 1.70. The molecule has 2 rings (SSSR count).